The fourth-order valence-electron chi connectivity index (χ4n) is 0.333. The van der Waals surface area contributed by atoms with Crippen LogP contribution < -0.4 is 29.6 Å². The predicted octanol–water partition coefficient (Wildman–Crippen LogP) is -0.727. The molecule has 0 unspecified atom stereocenters. The van der Waals surface area contributed by atoms with Crippen molar-refractivity contribution in [1.29, 1.82) is 0 Å². The summed E-state index contributed by atoms with van der Waals surface area (Å²) in [5, 5.41) is 0. The maximum absolute atomic E-state index is 5.25. The molecule has 60 valence electrons. The van der Waals surface area contributed by atoms with E-state index in [0.29, 0.717) is 5.92 Å². The first-order valence-electron chi connectivity index (χ1n) is 3.26. The average molecular weight is 200 g/mol. The van der Waals surface area contributed by atoms with Crippen LogP contribution in [0.1, 0.15) is 27.7 Å². The molecule has 0 fully saturated rings. The number of thiocarbonyl (C=S) groups is 1. The van der Waals surface area contributed by atoms with E-state index < -0.39 is 0 Å². The third kappa shape index (κ3) is 6.29. The Balaban J connectivity index is 0. The molecule has 0 aliphatic rings. The van der Waals surface area contributed by atoms with Crippen molar-refractivity contribution in [3.8, 4) is 0 Å². The average Bonchev–Trinajstić information content (AvgIpc) is 1.60. The van der Waals surface area contributed by atoms with E-state index in [9.17, 15) is 0 Å². The first-order chi connectivity index (χ1) is 4.36. The van der Waals surface area contributed by atoms with Crippen LogP contribution in [0.2, 0.25) is 0 Å². The van der Waals surface area contributed by atoms with Gasteiger partial charge in [-0.15, -0.1) is 0 Å². The molecule has 4 heteroatoms. The van der Waals surface area contributed by atoms with Crippen LogP contribution in [0.5, 0.6) is 0 Å². The zero-order valence-corrected chi connectivity index (χ0v) is 11.4. The molecule has 0 radical (unpaired) electrons. The Morgan fingerprint density at radius 1 is 1.45 bits per heavy atom. The van der Waals surface area contributed by atoms with E-state index in [2.05, 4.69) is 38.7 Å². The number of rotatable bonds is 2. The summed E-state index contributed by atoms with van der Waals surface area (Å²) in [7, 11) is 0. The Hall–Kier alpha value is 1.11. The Morgan fingerprint density at radius 2 is 1.82 bits per heavy atom. The van der Waals surface area contributed by atoms with Gasteiger partial charge in [-0.1, -0.05) is 13.8 Å². The van der Waals surface area contributed by atoms with E-state index in [4.69, 9.17) is 4.74 Å². The van der Waals surface area contributed by atoms with Crippen LogP contribution in [0.25, 0.3) is 0 Å². The third-order valence-corrected chi connectivity index (χ3v) is 1.90. The fraction of sp³-hybridized carbons (Fsp3) is 0.857. The predicted molar refractivity (Wildman–Crippen MR) is 50.0 cm³/mol. The van der Waals surface area contributed by atoms with E-state index in [1.165, 1.54) is 0 Å². The van der Waals surface area contributed by atoms with Gasteiger partial charge in [-0.3, -0.25) is 0 Å². The minimum absolute atomic E-state index is 0. The van der Waals surface area contributed by atoms with Gasteiger partial charge in [0, 0.05) is 4.38 Å². The standard InChI is InChI=1S/C7H14OS2.Na/c1-5(2)7(3,4)8-6(9)10;/h5H,1-4H3,(H,9,10);/q;+1/p-1. The topological polar surface area (TPSA) is 9.23 Å². The Morgan fingerprint density at radius 3 is 1.91 bits per heavy atom. The monoisotopic (exact) mass is 200 g/mol. The van der Waals surface area contributed by atoms with Gasteiger partial charge < -0.3 is 29.6 Å². The van der Waals surface area contributed by atoms with Gasteiger partial charge in [0.15, 0.2) is 0 Å². The first kappa shape index (κ1) is 14.6. The van der Waals surface area contributed by atoms with Crippen molar-refractivity contribution in [3.05, 3.63) is 0 Å². The maximum atomic E-state index is 5.25. The fourth-order valence-corrected chi connectivity index (χ4v) is 0.762. The summed E-state index contributed by atoms with van der Waals surface area (Å²) in [5.74, 6) is 0.424. The molecule has 11 heavy (non-hydrogen) atoms. The molecule has 0 heterocycles. The summed E-state index contributed by atoms with van der Waals surface area (Å²) in [5.41, 5.74) is -0.223. The zero-order valence-electron chi connectivity index (χ0n) is 7.80. The molecular formula is C7H13NaOS2. The molecule has 0 N–H and O–H groups in total. The SMILES string of the molecule is CC(C)C(C)(C)OC(=S)[S-].[Na+]. The van der Waals surface area contributed by atoms with Gasteiger partial charge in [-0.2, -0.15) is 0 Å². The van der Waals surface area contributed by atoms with Crippen molar-refractivity contribution in [1.82, 2.24) is 0 Å². The molecule has 0 aromatic heterocycles. The first-order valence-corrected chi connectivity index (χ1v) is 4.08. The van der Waals surface area contributed by atoms with E-state index >= 15 is 0 Å². The van der Waals surface area contributed by atoms with E-state index in [-0.39, 0.29) is 39.5 Å². The molecule has 0 aromatic rings. The van der Waals surface area contributed by atoms with Crippen molar-refractivity contribution in [2.24, 2.45) is 5.92 Å². The molecule has 0 saturated heterocycles. The second-order valence-electron chi connectivity index (χ2n) is 3.11. The van der Waals surface area contributed by atoms with Crippen LogP contribution in [0.15, 0.2) is 0 Å². The van der Waals surface area contributed by atoms with E-state index in [1.54, 1.807) is 0 Å². The van der Waals surface area contributed by atoms with Gasteiger partial charge in [0.2, 0.25) is 0 Å². The summed E-state index contributed by atoms with van der Waals surface area (Å²) >= 11 is 9.31. The molecule has 0 rings (SSSR count). The minimum Gasteiger partial charge on any atom is -0.508 e. The van der Waals surface area contributed by atoms with Crippen molar-refractivity contribution in [3.63, 3.8) is 0 Å². The van der Waals surface area contributed by atoms with Crippen molar-refractivity contribution >= 4 is 29.2 Å². The van der Waals surface area contributed by atoms with Crippen molar-refractivity contribution < 1.29 is 34.3 Å². The largest absolute Gasteiger partial charge is 1.00 e. The summed E-state index contributed by atoms with van der Waals surface area (Å²) in [6.45, 7) is 8.12. The van der Waals surface area contributed by atoms with Crippen molar-refractivity contribution in [2.45, 2.75) is 33.3 Å². The van der Waals surface area contributed by atoms with Gasteiger partial charge in [-0.25, -0.2) is 0 Å². The third-order valence-electron chi connectivity index (χ3n) is 1.74. The Bertz CT molecular complexity index is 134. The van der Waals surface area contributed by atoms with Crippen LogP contribution >= 0.6 is 12.2 Å². The molecule has 0 spiro atoms. The van der Waals surface area contributed by atoms with Gasteiger partial charge in [0.1, 0.15) is 5.60 Å². The molecule has 0 aliphatic heterocycles. The number of hydrogen-bond donors (Lipinski definition) is 0. The Kier molecular flexibility index (Phi) is 7.58. The molecule has 0 atom stereocenters. The van der Waals surface area contributed by atoms with Gasteiger partial charge >= 0.3 is 29.6 Å². The zero-order chi connectivity index (χ0) is 8.36. The number of ether oxygens (including phenoxy) is 1. The van der Waals surface area contributed by atoms with Gasteiger partial charge in [0.25, 0.3) is 0 Å². The summed E-state index contributed by atoms with van der Waals surface area (Å²) < 4.78 is 5.45. The second kappa shape index (κ2) is 5.70. The molecule has 0 aromatic carbocycles. The molecule has 0 amide bonds. The molecule has 0 saturated carbocycles. The number of hydrogen-bond acceptors (Lipinski definition) is 3. The molecule has 1 nitrogen and oxygen atoms in total. The van der Waals surface area contributed by atoms with Crippen molar-refractivity contribution in [2.75, 3.05) is 0 Å². The normalized spacial score (nSPS) is 10.6. The van der Waals surface area contributed by atoms with Crippen LogP contribution in [-0.2, 0) is 17.4 Å². The minimum atomic E-state index is -0.223. The van der Waals surface area contributed by atoms with E-state index in [1.807, 2.05) is 13.8 Å². The van der Waals surface area contributed by atoms with Crippen LogP contribution in [0.4, 0.5) is 0 Å². The van der Waals surface area contributed by atoms with Gasteiger partial charge in [0.05, 0.1) is 0 Å². The molecule has 0 bridgehead atoms. The van der Waals surface area contributed by atoms with E-state index in [0.717, 1.165) is 0 Å². The Labute approximate surface area is 102 Å². The van der Waals surface area contributed by atoms with Gasteiger partial charge in [-0.05, 0) is 19.8 Å². The van der Waals surface area contributed by atoms with Crippen LogP contribution in [0.3, 0.4) is 0 Å². The molecular weight excluding hydrogens is 187 g/mol. The quantitative estimate of drug-likeness (QED) is 0.330. The molecule has 0 aliphatic carbocycles. The smallest absolute Gasteiger partial charge is 0.508 e. The summed E-state index contributed by atoms with van der Waals surface area (Å²) in [6.07, 6.45) is 0. The van der Waals surface area contributed by atoms with Crippen LogP contribution in [-0.4, -0.2) is 9.98 Å². The summed E-state index contributed by atoms with van der Waals surface area (Å²) in [4.78, 5) is 0. The second-order valence-corrected chi connectivity index (χ2v) is 4.11. The maximum Gasteiger partial charge on any atom is 1.00 e. The van der Waals surface area contributed by atoms with Crippen LogP contribution in [0, 0.1) is 5.92 Å². The summed E-state index contributed by atoms with van der Waals surface area (Å²) in [6, 6.07) is 0.